The number of amides is 1. The van der Waals surface area contributed by atoms with Crippen LogP contribution < -0.4 is 10.6 Å². The Hall–Kier alpha value is -2.72. The Labute approximate surface area is 177 Å². The Kier molecular flexibility index (Phi) is 6.88. The first kappa shape index (κ1) is 22.0. The van der Waals surface area contributed by atoms with Crippen molar-refractivity contribution in [3.63, 3.8) is 0 Å². The molecule has 10 heteroatoms. The van der Waals surface area contributed by atoms with Crippen molar-refractivity contribution < 1.29 is 13.2 Å². The molecule has 0 aliphatic carbocycles. The third kappa shape index (κ3) is 5.25. The van der Waals surface area contributed by atoms with Crippen LogP contribution in [0.15, 0.2) is 35.4 Å². The lowest BCUT2D eigenvalue weighted by molar-refractivity contribution is -0.127. The van der Waals surface area contributed by atoms with Crippen molar-refractivity contribution in [1.82, 2.24) is 19.2 Å². The molecular weight excluding hydrogens is 404 g/mol. The van der Waals surface area contributed by atoms with E-state index in [0.29, 0.717) is 24.6 Å². The fourth-order valence-corrected chi connectivity index (χ4v) is 4.05. The van der Waals surface area contributed by atoms with Crippen molar-refractivity contribution in [3.8, 4) is 0 Å². The third-order valence-corrected chi connectivity index (χ3v) is 6.76. The number of anilines is 3. The molecule has 0 atom stereocenters. The lowest BCUT2D eigenvalue weighted by Gasteiger charge is -2.16. The Morgan fingerprint density at radius 3 is 2.57 bits per heavy atom. The number of likely N-dealkylation sites (tertiary alicyclic amines) is 1. The SMILES string of the molecule is Cc1cnc(Nc2ccc(S(=O)(=O)N(C)C)cc2)nc1NCCCN1CCCC1=O. The highest BCUT2D eigenvalue weighted by Gasteiger charge is 2.19. The number of carbonyl (C=O) groups is 1. The van der Waals surface area contributed by atoms with E-state index in [1.54, 1.807) is 30.5 Å². The summed E-state index contributed by atoms with van der Waals surface area (Å²) >= 11 is 0. The summed E-state index contributed by atoms with van der Waals surface area (Å²) in [5.41, 5.74) is 1.61. The summed E-state index contributed by atoms with van der Waals surface area (Å²) in [6.45, 7) is 4.24. The van der Waals surface area contributed by atoms with Crippen LogP contribution in [0.3, 0.4) is 0 Å². The van der Waals surface area contributed by atoms with Crippen LogP contribution in [0.1, 0.15) is 24.8 Å². The number of nitrogens with zero attached hydrogens (tertiary/aromatic N) is 4. The van der Waals surface area contributed by atoms with Crippen molar-refractivity contribution in [1.29, 1.82) is 0 Å². The molecule has 0 bridgehead atoms. The lowest BCUT2D eigenvalue weighted by Crippen LogP contribution is -2.27. The van der Waals surface area contributed by atoms with Gasteiger partial charge in [0, 0.05) is 57.6 Å². The number of rotatable bonds is 9. The molecule has 1 saturated heterocycles. The molecule has 0 unspecified atom stereocenters. The van der Waals surface area contributed by atoms with Crippen LogP contribution >= 0.6 is 0 Å². The van der Waals surface area contributed by atoms with Crippen molar-refractivity contribution in [2.24, 2.45) is 0 Å². The number of benzene rings is 1. The van der Waals surface area contributed by atoms with Crippen LogP contribution in [0, 0.1) is 6.92 Å². The largest absolute Gasteiger partial charge is 0.370 e. The third-order valence-electron chi connectivity index (χ3n) is 4.93. The zero-order valence-corrected chi connectivity index (χ0v) is 18.4. The maximum Gasteiger partial charge on any atom is 0.242 e. The van der Waals surface area contributed by atoms with Crippen LogP contribution in [0.4, 0.5) is 17.5 Å². The number of hydrogen-bond donors (Lipinski definition) is 2. The highest BCUT2D eigenvalue weighted by Crippen LogP contribution is 2.20. The number of aromatic nitrogens is 2. The predicted molar refractivity (Wildman–Crippen MR) is 116 cm³/mol. The van der Waals surface area contributed by atoms with Gasteiger partial charge < -0.3 is 15.5 Å². The van der Waals surface area contributed by atoms with Crippen molar-refractivity contribution in [3.05, 3.63) is 36.0 Å². The maximum atomic E-state index is 12.2. The second-order valence-electron chi connectivity index (χ2n) is 7.43. The van der Waals surface area contributed by atoms with Crippen LogP contribution in [0.2, 0.25) is 0 Å². The van der Waals surface area contributed by atoms with Gasteiger partial charge in [-0.25, -0.2) is 17.7 Å². The first-order chi connectivity index (χ1) is 14.3. The van der Waals surface area contributed by atoms with Gasteiger partial charge in [0.15, 0.2) is 0 Å². The van der Waals surface area contributed by atoms with Crippen LogP contribution in [-0.2, 0) is 14.8 Å². The van der Waals surface area contributed by atoms with Gasteiger partial charge in [-0.15, -0.1) is 0 Å². The van der Waals surface area contributed by atoms with Gasteiger partial charge in [-0.05, 0) is 44.0 Å². The van der Waals surface area contributed by atoms with E-state index in [0.717, 1.165) is 37.3 Å². The van der Waals surface area contributed by atoms with Gasteiger partial charge in [0.1, 0.15) is 5.82 Å². The number of hydrogen-bond acceptors (Lipinski definition) is 7. The predicted octanol–water partition coefficient (Wildman–Crippen LogP) is 2.20. The van der Waals surface area contributed by atoms with Gasteiger partial charge in [0.2, 0.25) is 21.9 Å². The topological polar surface area (TPSA) is 108 Å². The van der Waals surface area contributed by atoms with E-state index < -0.39 is 10.0 Å². The molecule has 0 spiro atoms. The molecule has 1 fully saturated rings. The molecule has 162 valence electrons. The fourth-order valence-electron chi connectivity index (χ4n) is 3.15. The average Bonchev–Trinajstić information content (AvgIpc) is 3.12. The van der Waals surface area contributed by atoms with E-state index in [1.165, 1.54) is 18.4 Å². The molecule has 1 amide bonds. The second kappa shape index (κ2) is 9.40. The van der Waals surface area contributed by atoms with Gasteiger partial charge in [-0.2, -0.15) is 4.98 Å². The summed E-state index contributed by atoms with van der Waals surface area (Å²) in [4.78, 5) is 22.6. The molecule has 1 aliphatic heterocycles. The lowest BCUT2D eigenvalue weighted by atomic mass is 10.3. The molecule has 9 nitrogen and oxygen atoms in total. The van der Waals surface area contributed by atoms with Gasteiger partial charge in [-0.1, -0.05) is 0 Å². The summed E-state index contributed by atoms with van der Waals surface area (Å²) in [5.74, 6) is 1.39. The first-order valence-electron chi connectivity index (χ1n) is 9.92. The molecule has 2 heterocycles. The molecule has 0 radical (unpaired) electrons. The molecule has 1 aromatic carbocycles. The molecule has 0 saturated carbocycles. The minimum Gasteiger partial charge on any atom is -0.370 e. The summed E-state index contributed by atoms with van der Waals surface area (Å²) in [6, 6.07) is 6.45. The zero-order chi connectivity index (χ0) is 21.7. The highest BCUT2D eigenvalue weighted by molar-refractivity contribution is 7.89. The normalized spacial score (nSPS) is 14.4. The quantitative estimate of drug-likeness (QED) is 0.585. The molecular formula is C20H28N6O3S. The molecule has 2 N–H and O–H groups in total. The molecule has 2 aromatic rings. The fraction of sp³-hybridized carbons (Fsp3) is 0.450. The van der Waals surface area contributed by atoms with Gasteiger partial charge in [0.25, 0.3) is 0 Å². The Morgan fingerprint density at radius 2 is 1.93 bits per heavy atom. The van der Waals surface area contributed by atoms with E-state index in [9.17, 15) is 13.2 Å². The number of sulfonamides is 1. The number of carbonyl (C=O) groups excluding carboxylic acids is 1. The second-order valence-corrected chi connectivity index (χ2v) is 9.58. The molecule has 30 heavy (non-hydrogen) atoms. The molecule has 1 aromatic heterocycles. The highest BCUT2D eigenvalue weighted by atomic mass is 32.2. The van der Waals surface area contributed by atoms with E-state index in [-0.39, 0.29) is 10.8 Å². The summed E-state index contributed by atoms with van der Waals surface area (Å²) in [5, 5.41) is 6.40. The Balaban J connectivity index is 1.58. The van der Waals surface area contributed by atoms with E-state index >= 15 is 0 Å². The van der Waals surface area contributed by atoms with E-state index in [1.807, 2.05) is 11.8 Å². The number of aryl methyl sites for hydroxylation is 1. The number of nitrogens with one attached hydrogen (secondary N) is 2. The zero-order valence-electron chi connectivity index (χ0n) is 17.6. The van der Waals surface area contributed by atoms with Gasteiger partial charge >= 0.3 is 0 Å². The van der Waals surface area contributed by atoms with E-state index in [2.05, 4.69) is 20.6 Å². The summed E-state index contributed by atoms with van der Waals surface area (Å²) in [6.07, 6.45) is 4.19. The van der Waals surface area contributed by atoms with Crippen molar-refractivity contribution >= 4 is 33.4 Å². The monoisotopic (exact) mass is 432 g/mol. The summed E-state index contributed by atoms with van der Waals surface area (Å²) < 4.78 is 25.5. The summed E-state index contributed by atoms with van der Waals surface area (Å²) in [7, 11) is -0.463. The van der Waals surface area contributed by atoms with Crippen LogP contribution in [0.5, 0.6) is 0 Å². The Morgan fingerprint density at radius 1 is 1.20 bits per heavy atom. The van der Waals surface area contributed by atoms with Gasteiger partial charge in [-0.3, -0.25) is 4.79 Å². The first-order valence-corrected chi connectivity index (χ1v) is 11.4. The van der Waals surface area contributed by atoms with Crippen molar-refractivity contribution in [2.45, 2.75) is 31.1 Å². The standard InChI is InChI=1S/C20H28N6O3S/c1-15-14-22-20(23-16-7-9-17(10-8-16)30(28,29)25(2)3)24-19(15)21-11-5-13-26-12-4-6-18(26)27/h7-10,14H,4-6,11-13H2,1-3H3,(H2,21,22,23,24). The Bertz CT molecular complexity index is 992. The van der Waals surface area contributed by atoms with Crippen LogP contribution in [0.25, 0.3) is 0 Å². The average molecular weight is 433 g/mol. The maximum absolute atomic E-state index is 12.2. The molecule has 1 aliphatic rings. The van der Waals surface area contributed by atoms with E-state index in [4.69, 9.17) is 0 Å². The van der Waals surface area contributed by atoms with Crippen molar-refractivity contribution in [2.75, 3.05) is 44.4 Å². The minimum atomic E-state index is -3.46. The van der Waals surface area contributed by atoms with Gasteiger partial charge in [0.05, 0.1) is 4.90 Å². The van der Waals surface area contributed by atoms with Crippen LogP contribution in [-0.4, -0.2) is 67.2 Å². The molecule has 3 rings (SSSR count). The minimum absolute atomic E-state index is 0.224. The smallest absolute Gasteiger partial charge is 0.242 e.